The third-order valence-electron chi connectivity index (χ3n) is 6.69. The number of amides is 2. The molecule has 3 unspecified atom stereocenters. The monoisotopic (exact) mass is 430 g/mol. The smallest absolute Gasteiger partial charge is 0.238 e. The van der Waals surface area contributed by atoms with Gasteiger partial charge in [-0.1, -0.05) is 65.7 Å². The van der Waals surface area contributed by atoms with Crippen molar-refractivity contribution in [1.29, 1.82) is 0 Å². The van der Waals surface area contributed by atoms with E-state index in [9.17, 15) is 9.59 Å². The van der Waals surface area contributed by atoms with Gasteiger partial charge in [0.2, 0.25) is 11.8 Å². The van der Waals surface area contributed by atoms with Gasteiger partial charge in [0.05, 0.1) is 6.04 Å². The molecule has 3 aromatic rings. The van der Waals surface area contributed by atoms with Crippen LogP contribution in [0.25, 0.3) is 0 Å². The second-order valence-electron chi connectivity index (χ2n) is 8.54. The highest BCUT2D eigenvalue weighted by molar-refractivity contribution is 6.30. The quantitative estimate of drug-likeness (QED) is 0.587. The molecular formula is C26H23ClN2O2. The van der Waals surface area contributed by atoms with Crippen LogP contribution in [0.15, 0.2) is 66.7 Å². The van der Waals surface area contributed by atoms with Gasteiger partial charge in [-0.2, -0.15) is 0 Å². The summed E-state index contributed by atoms with van der Waals surface area (Å²) in [5.74, 6) is -0.517. The Hall–Kier alpha value is -3.11. The maximum absolute atomic E-state index is 13.9. The van der Waals surface area contributed by atoms with Gasteiger partial charge in [-0.25, -0.2) is 0 Å². The summed E-state index contributed by atoms with van der Waals surface area (Å²) >= 11 is 6.33. The first-order valence-electron chi connectivity index (χ1n) is 10.4. The van der Waals surface area contributed by atoms with E-state index in [1.807, 2.05) is 74.5 Å². The maximum atomic E-state index is 13.9. The SMILES string of the molecule is Cc1ccc(C)c(C2NC(=O)CC(c3cccc(Cl)c3)C23C(=O)Nc2ccccc23)c1. The van der Waals surface area contributed by atoms with Crippen LogP contribution in [0.1, 0.15) is 46.2 Å². The fraction of sp³-hybridized carbons (Fsp3) is 0.231. The lowest BCUT2D eigenvalue weighted by Crippen LogP contribution is -2.57. The molecule has 0 bridgehead atoms. The third kappa shape index (κ3) is 2.97. The Morgan fingerprint density at radius 3 is 2.58 bits per heavy atom. The van der Waals surface area contributed by atoms with Crippen LogP contribution in [0.5, 0.6) is 0 Å². The van der Waals surface area contributed by atoms with Crippen molar-refractivity contribution in [3.63, 3.8) is 0 Å². The van der Waals surface area contributed by atoms with E-state index >= 15 is 0 Å². The zero-order chi connectivity index (χ0) is 21.8. The molecule has 1 saturated heterocycles. The number of carbonyl (C=O) groups excluding carboxylic acids is 2. The Morgan fingerprint density at radius 2 is 1.77 bits per heavy atom. The first kappa shape index (κ1) is 19.8. The Morgan fingerprint density at radius 1 is 0.968 bits per heavy atom. The summed E-state index contributed by atoms with van der Waals surface area (Å²) < 4.78 is 0. The standard InChI is InChI=1S/C26H23ClN2O2/c1-15-10-11-16(2)19(12-15)24-26(20-8-3-4-9-22(20)28-25(26)31)21(14-23(30)29-24)17-6-5-7-18(27)13-17/h3-13,21,24H,14H2,1-2H3,(H,28,31)(H,29,30). The van der Waals surface area contributed by atoms with Gasteiger partial charge in [0.25, 0.3) is 0 Å². The number of benzene rings is 3. The summed E-state index contributed by atoms with van der Waals surface area (Å²) in [6, 6.07) is 21.0. The molecule has 31 heavy (non-hydrogen) atoms. The van der Waals surface area contributed by atoms with E-state index in [-0.39, 0.29) is 24.2 Å². The van der Waals surface area contributed by atoms with Crippen molar-refractivity contribution in [1.82, 2.24) is 5.32 Å². The predicted octanol–water partition coefficient (Wildman–Crippen LogP) is 5.19. The molecule has 1 fully saturated rings. The van der Waals surface area contributed by atoms with Crippen LogP contribution in [-0.4, -0.2) is 11.8 Å². The molecule has 0 aromatic heterocycles. The van der Waals surface area contributed by atoms with Gasteiger partial charge >= 0.3 is 0 Å². The first-order chi connectivity index (χ1) is 14.9. The zero-order valence-electron chi connectivity index (χ0n) is 17.4. The van der Waals surface area contributed by atoms with Gasteiger partial charge in [0.1, 0.15) is 5.41 Å². The summed E-state index contributed by atoms with van der Waals surface area (Å²) in [6.45, 7) is 4.05. The Bertz CT molecular complexity index is 1220. The Kier molecular flexibility index (Phi) is 4.63. The molecule has 2 N–H and O–H groups in total. The lowest BCUT2D eigenvalue weighted by molar-refractivity contribution is -0.131. The van der Waals surface area contributed by atoms with E-state index in [2.05, 4.69) is 16.7 Å². The molecule has 2 heterocycles. The number of fused-ring (bicyclic) bond motifs is 2. The summed E-state index contributed by atoms with van der Waals surface area (Å²) in [6.07, 6.45) is 0.212. The van der Waals surface area contributed by atoms with Crippen molar-refractivity contribution in [2.24, 2.45) is 0 Å². The van der Waals surface area contributed by atoms with Crippen molar-refractivity contribution < 1.29 is 9.59 Å². The summed E-state index contributed by atoms with van der Waals surface area (Å²) in [5.41, 5.74) is 4.72. The number of rotatable bonds is 2. The fourth-order valence-corrected chi connectivity index (χ4v) is 5.51. The van der Waals surface area contributed by atoms with Crippen LogP contribution >= 0.6 is 11.6 Å². The van der Waals surface area contributed by atoms with Gasteiger partial charge in [-0.15, -0.1) is 0 Å². The number of piperidine rings is 1. The average Bonchev–Trinajstić information content (AvgIpc) is 3.04. The molecular weight excluding hydrogens is 408 g/mol. The number of halogens is 1. The normalized spacial score (nSPS) is 24.6. The molecule has 0 aliphatic carbocycles. The molecule has 156 valence electrons. The van der Waals surface area contributed by atoms with Crippen LogP contribution in [0.4, 0.5) is 5.69 Å². The number of hydrogen-bond acceptors (Lipinski definition) is 2. The summed E-state index contributed by atoms with van der Waals surface area (Å²) in [7, 11) is 0. The lowest BCUT2D eigenvalue weighted by Gasteiger charge is -2.47. The Balaban J connectivity index is 1.83. The van der Waals surface area contributed by atoms with Gasteiger partial charge in [0, 0.05) is 23.0 Å². The molecule has 2 aliphatic rings. The van der Waals surface area contributed by atoms with Crippen molar-refractivity contribution >= 4 is 29.1 Å². The molecule has 3 atom stereocenters. The minimum atomic E-state index is -0.978. The van der Waals surface area contributed by atoms with Crippen LogP contribution in [0.2, 0.25) is 5.02 Å². The van der Waals surface area contributed by atoms with Crippen molar-refractivity contribution in [3.05, 3.63) is 99.6 Å². The fourth-order valence-electron chi connectivity index (χ4n) is 5.31. The molecule has 5 rings (SSSR count). The molecule has 5 heteroatoms. The lowest BCUT2D eigenvalue weighted by atomic mass is 9.59. The predicted molar refractivity (Wildman–Crippen MR) is 122 cm³/mol. The molecule has 1 spiro atoms. The number of hydrogen-bond donors (Lipinski definition) is 2. The highest BCUT2D eigenvalue weighted by atomic mass is 35.5. The van der Waals surface area contributed by atoms with Crippen LogP contribution in [0, 0.1) is 13.8 Å². The van der Waals surface area contributed by atoms with Gasteiger partial charge in [0.15, 0.2) is 0 Å². The van der Waals surface area contributed by atoms with Crippen molar-refractivity contribution in [3.8, 4) is 0 Å². The number of anilines is 1. The van der Waals surface area contributed by atoms with E-state index in [1.54, 1.807) is 0 Å². The second kappa shape index (κ2) is 7.24. The first-order valence-corrected chi connectivity index (χ1v) is 10.8. The Labute approximate surface area is 186 Å². The zero-order valence-corrected chi connectivity index (χ0v) is 18.2. The molecule has 0 saturated carbocycles. The molecule has 3 aromatic carbocycles. The number of carbonyl (C=O) groups is 2. The largest absolute Gasteiger partial charge is 0.348 e. The van der Waals surface area contributed by atoms with Gasteiger partial charge in [-0.05, 0) is 54.3 Å². The van der Waals surface area contributed by atoms with Crippen LogP contribution in [0.3, 0.4) is 0 Å². The maximum Gasteiger partial charge on any atom is 0.238 e. The number of para-hydroxylation sites is 1. The van der Waals surface area contributed by atoms with Gasteiger partial charge < -0.3 is 10.6 Å². The highest BCUT2D eigenvalue weighted by Gasteiger charge is 2.61. The minimum Gasteiger partial charge on any atom is -0.348 e. The third-order valence-corrected chi connectivity index (χ3v) is 6.93. The molecule has 4 nitrogen and oxygen atoms in total. The van der Waals surface area contributed by atoms with Crippen LogP contribution in [-0.2, 0) is 15.0 Å². The average molecular weight is 431 g/mol. The molecule has 0 radical (unpaired) electrons. The number of aryl methyl sites for hydroxylation is 2. The van der Waals surface area contributed by atoms with E-state index < -0.39 is 11.5 Å². The summed E-state index contributed by atoms with van der Waals surface area (Å²) in [4.78, 5) is 26.9. The van der Waals surface area contributed by atoms with Crippen LogP contribution < -0.4 is 10.6 Å². The van der Waals surface area contributed by atoms with Gasteiger partial charge in [-0.3, -0.25) is 9.59 Å². The number of nitrogens with one attached hydrogen (secondary N) is 2. The van der Waals surface area contributed by atoms with E-state index in [0.717, 1.165) is 33.5 Å². The highest BCUT2D eigenvalue weighted by Crippen LogP contribution is 2.57. The molecule has 2 aliphatic heterocycles. The summed E-state index contributed by atoms with van der Waals surface area (Å²) in [5, 5.41) is 6.88. The van der Waals surface area contributed by atoms with E-state index in [4.69, 9.17) is 11.6 Å². The topological polar surface area (TPSA) is 58.2 Å². The van der Waals surface area contributed by atoms with Crippen molar-refractivity contribution in [2.75, 3.05) is 5.32 Å². The molecule has 2 amide bonds. The van der Waals surface area contributed by atoms with E-state index in [0.29, 0.717) is 5.02 Å². The minimum absolute atomic E-state index is 0.0707. The van der Waals surface area contributed by atoms with Crippen molar-refractivity contribution in [2.45, 2.75) is 37.6 Å². The second-order valence-corrected chi connectivity index (χ2v) is 8.98. The van der Waals surface area contributed by atoms with E-state index in [1.165, 1.54) is 0 Å².